The van der Waals surface area contributed by atoms with Gasteiger partial charge in [0.1, 0.15) is 5.01 Å². The van der Waals surface area contributed by atoms with Crippen molar-refractivity contribution in [2.75, 3.05) is 6.54 Å². The molecule has 4 nitrogen and oxygen atoms in total. The van der Waals surface area contributed by atoms with Gasteiger partial charge in [0.05, 0.1) is 18.6 Å². The Bertz CT molecular complexity index is 377. The second-order valence-electron chi connectivity index (χ2n) is 3.91. The quantitative estimate of drug-likeness (QED) is 0.821. The number of thiazole rings is 1. The summed E-state index contributed by atoms with van der Waals surface area (Å²) in [5, 5.41) is 12.3. The third-order valence-corrected chi connectivity index (χ3v) is 3.73. The maximum atomic E-state index is 11.5. The van der Waals surface area contributed by atoms with Crippen LogP contribution in [0.3, 0.4) is 0 Å². The highest BCUT2D eigenvalue weighted by Crippen LogP contribution is 2.27. The number of amides is 1. The van der Waals surface area contributed by atoms with E-state index in [1.807, 2.05) is 19.2 Å². The van der Waals surface area contributed by atoms with Crippen LogP contribution in [0.5, 0.6) is 0 Å². The van der Waals surface area contributed by atoms with Crippen LogP contribution in [0.15, 0.2) is 5.38 Å². The van der Waals surface area contributed by atoms with Crippen molar-refractivity contribution in [2.24, 2.45) is 0 Å². The van der Waals surface area contributed by atoms with E-state index in [2.05, 4.69) is 4.98 Å². The molecule has 0 aliphatic carbocycles. The Morgan fingerprint density at radius 3 is 2.93 bits per heavy atom. The lowest BCUT2D eigenvalue weighted by atomic mass is 10.3. The molecule has 2 heterocycles. The molecule has 5 heteroatoms. The molecule has 1 aromatic heterocycles. The molecule has 15 heavy (non-hydrogen) atoms. The smallest absolute Gasteiger partial charge is 0.225 e. The number of hydrogen-bond donors (Lipinski definition) is 1. The average molecular weight is 226 g/mol. The molecular formula is C10H14N2O2S. The van der Waals surface area contributed by atoms with E-state index in [1.165, 1.54) is 0 Å². The van der Waals surface area contributed by atoms with Gasteiger partial charge >= 0.3 is 0 Å². The number of hydrogen-bond acceptors (Lipinski definition) is 4. The molecule has 2 atom stereocenters. The second kappa shape index (κ2) is 3.90. The lowest BCUT2D eigenvalue weighted by molar-refractivity contribution is -0.129. The predicted octanol–water partition coefficient (Wildman–Crippen LogP) is 1.11. The zero-order chi connectivity index (χ0) is 11.0. The van der Waals surface area contributed by atoms with Crippen LogP contribution < -0.4 is 0 Å². The summed E-state index contributed by atoms with van der Waals surface area (Å²) in [5.74, 6) is 0.0165. The molecule has 2 unspecified atom stereocenters. The van der Waals surface area contributed by atoms with Gasteiger partial charge in [-0.2, -0.15) is 0 Å². The number of aliphatic hydroxyl groups is 1. The van der Waals surface area contributed by atoms with Gasteiger partial charge in [0.15, 0.2) is 0 Å². The molecule has 1 aliphatic heterocycles. The Morgan fingerprint density at radius 2 is 2.47 bits per heavy atom. The fourth-order valence-electron chi connectivity index (χ4n) is 1.78. The monoisotopic (exact) mass is 226 g/mol. The number of β-amino-alcohol motifs (C(OH)–C–C–N with tert-alkyl or cyclic N) is 1. The first-order chi connectivity index (χ1) is 7.08. The predicted molar refractivity (Wildman–Crippen MR) is 57.6 cm³/mol. The second-order valence-corrected chi connectivity index (χ2v) is 4.80. The average Bonchev–Trinajstić information content (AvgIpc) is 2.71. The third kappa shape index (κ3) is 2.03. The van der Waals surface area contributed by atoms with E-state index in [9.17, 15) is 9.90 Å². The van der Waals surface area contributed by atoms with Crippen molar-refractivity contribution >= 4 is 17.2 Å². The first-order valence-corrected chi connectivity index (χ1v) is 5.85. The summed E-state index contributed by atoms with van der Waals surface area (Å²) in [4.78, 5) is 17.6. The maximum Gasteiger partial charge on any atom is 0.225 e. The molecule has 1 saturated heterocycles. The van der Waals surface area contributed by atoms with Crippen molar-refractivity contribution in [2.45, 2.75) is 32.4 Å². The Kier molecular flexibility index (Phi) is 2.75. The lowest BCUT2D eigenvalue weighted by Gasteiger charge is -2.22. The van der Waals surface area contributed by atoms with Gasteiger partial charge in [0.2, 0.25) is 5.91 Å². The van der Waals surface area contributed by atoms with E-state index in [0.717, 1.165) is 10.7 Å². The summed E-state index contributed by atoms with van der Waals surface area (Å²) < 4.78 is 0. The molecule has 0 spiro atoms. The van der Waals surface area contributed by atoms with Crippen molar-refractivity contribution in [3.05, 3.63) is 16.1 Å². The molecule has 82 valence electrons. The Balaban J connectivity index is 2.14. The summed E-state index contributed by atoms with van der Waals surface area (Å²) in [5.41, 5.74) is 0.981. The number of aryl methyl sites for hydroxylation is 1. The van der Waals surface area contributed by atoms with Gasteiger partial charge in [-0.1, -0.05) is 0 Å². The minimum Gasteiger partial charge on any atom is -0.391 e. The van der Waals surface area contributed by atoms with Crippen LogP contribution in [0.1, 0.15) is 30.1 Å². The van der Waals surface area contributed by atoms with Crippen molar-refractivity contribution in [3.63, 3.8) is 0 Å². The van der Waals surface area contributed by atoms with Gasteiger partial charge in [-0.15, -0.1) is 11.3 Å². The number of likely N-dealkylation sites (tertiary alicyclic amines) is 1. The van der Waals surface area contributed by atoms with Gasteiger partial charge in [-0.25, -0.2) is 4.98 Å². The van der Waals surface area contributed by atoms with Crippen molar-refractivity contribution < 1.29 is 9.90 Å². The molecular weight excluding hydrogens is 212 g/mol. The highest BCUT2D eigenvalue weighted by atomic mass is 32.1. The largest absolute Gasteiger partial charge is 0.391 e. The van der Waals surface area contributed by atoms with Crippen LogP contribution >= 0.6 is 11.3 Å². The van der Waals surface area contributed by atoms with Gasteiger partial charge in [-0.05, 0) is 13.8 Å². The highest BCUT2D eigenvalue weighted by Gasteiger charge is 2.32. The number of rotatable bonds is 2. The Hall–Kier alpha value is -0.940. The van der Waals surface area contributed by atoms with E-state index < -0.39 is 6.10 Å². The minimum atomic E-state index is -0.513. The molecule has 1 N–H and O–H groups in total. The van der Waals surface area contributed by atoms with Gasteiger partial charge in [0.25, 0.3) is 0 Å². The number of carbonyl (C=O) groups excluding carboxylic acids is 1. The fraction of sp³-hybridized carbons (Fsp3) is 0.600. The molecule has 1 amide bonds. The molecule has 2 rings (SSSR count). The maximum absolute atomic E-state index is 11.5. The standard InChI is InChI=1S/C10H14N2O2S/c1-6-5-15-10(11-6)7(2)12-4-8(13)3-9(12)14/h5,7-8,13H,3-4H2,1-2H3. The van der Waals surface area contributed by atoms with Crippen LogP contribution in [0.2, 0.25) is 0 Å². The van der Waals surface area contributed by atoms with Gasteiger partial charge < -0.3 is 10.0 Å². The van der Waals surface area contributed by atoms with E-state index in [4.69, 9.17) is 0 Å². The molecule has 0 radical (unpaired) electrons. The summed E-state index contributed by atoms with van der Waals surface area (Å²) in [7, 11) is 0. The minimum absolute atomic E-state index is 0.0165. The normalized spacial score (nSPS) is 23.5. The lowest BCUT2D eigenvalue weighted by Crippen LogP contribution is -2.29. The molecule has 0 aromatic carbocycles. The number of nitrogens with zero attached hydrogens (tertiary/aromatic N) is 2. The number of aromatic nitrogens is 1. The van der Waals surface area contributed by atoms with Crippen molar-refractivity contribution in [3.8, 4) is 0 Å². The first kappa shape index (κ1) is 10.6. The number of carbonyl (C=O) groups is 1. The summed E-state index contributed by atoms with van der Waals surface area (Å²) in [6.07, 6.45) is -0.268. The zero-order valence-corrected chi connectivity index (χ0v) is 9.62. The van der Waals surface area contributed by atoms with Crippen LogP contribution in [-0.2, 0) is 4.79 Å². The van der Waals surface area contributed by atoms with Gasteiger partial charge in [0, 0.05) is 17.6 Å². The van der Waals surface area contributed by atoms with Gasteiger partial charge in [-0.3, -0.25) is 4.79 Å². The SMILES string of the molecule is Cc1csc(C(C)N2CC(O)CC2=O)n1. The molecule has 0 saturated carbocycles. The topological polar surface area (TPSA) is 53.4 Å². The van der Waals surface area contributed by atoms with E-state index in [1.54, 1.807) is 16.2 Å². The number of aliphatic hydroxyl groups excluding tert-OH is 1. The molecule has 1 aliphatic rings. The third-order valence-electron chi connectivity index (χ3n) is 2.60. The van der Waals surface area contributed by atoms with Crippen LogP contribution in [-0.4, -0.2) is 33.5 Å². The summed E-state index contributed by atoms with van der Waals surface area (Å²) in [6, 6.07) is -0.0200. The van der Waals surface area contributed by atoms with Crippen molar-refractivity contribution in [1.82, 2.24) is 9.88 Å². The van der Waals surface area contributed by atoms with Crippen LogP contribution in [0.4, 0.5) is 0 Å². The molecule has 1 fully saturated rings. The van der Waals surface area contributed by atoms with E-state index in [-0.39, 0.29) is 18.4 Å². The Morgan fingerprint density at radius 1 is 1.73 bits per heavy atom. The summed E-state index contributed by atoms with van der Waals surface area (Å²) in [6.45, 7) is 4.32. The molecule has 0 bridgehead atoms. The van der Waals surface area contributed by atoms with Crippen LogP contribution in [0.25, 0.3) is 0 Å². The van der Waals surface area contributed by atoms with E-state index in [0.29, 0.717) is 6.54 Å². The van der Waals surface area contributed by atoms with Crippen molar-refractivity contribution in [1.29, 1.82) is 0 Å². The molecule has 1 aromatic rings. The summed E-state index contributed by atoms with van der Waals surface area (Å²) >= 11 is 1.56. The Labute approximate surface area is 92.6 Å². The van der Waals surface area contributed by atoms with Crippen LogP contribution in [0, 0.1) is 6.92 Å². The first-order valence-electron chi connectivity index (χ1n) is 4.97. The zero-order valence-electron chi connectivity index (χ0n) is 8.80. The van der Waals surface area contributed by atoms with E-state index >= 15 is 0 Å². The highest BCUT2D eigenvalue weighted by molar-refractivity contribution is 7.09. The fourth-order valence-corrected chi connectivity index (χ4v) is 2.65.